The monoisotopic (exact) mass is 193 g/mol. The van der Waals surface area contributed by atoms with Gasteiger partial charge in [0.05, 0.1) is 12.7 Å². The Morgan fingerprint density at radius 1 is 1.36 bits per heavy atom. The van der Waals surface area contributed by atoms with Crippen molar-refractivity contribution in [1.82, 2.24) is 20.2 Å². The molecule has 0 saturated heterocycles. The maximum Gasteiger partial charge on any atom is 0.143 e. The molecule has 0 aromatic carbocycles. The lowest BCUT2D eigenvalue weighted by Crippen LogP contribution is -2.02. The van der Waals surface area contributed by atoms with Crippen LogP contribution in [0.15, 0.2) is 24.7 Å². The number of aromatic nitrogens is 4. The molecule has 0 radical (unpaired) electrons. The highest BCUT2D eigenvalue weighted by atomic mass is 19.1. The molecule has 0 atom stereocenters. The summed E-state index contributed by atoms with van der Waals surface area (Å²) in [5, 5.41) is 9.35. The number of rotatable bonds is 3. The number of anilines is 1. The summed E-state index contributed by atoms with van der Waals surface area (Å²) in [6.07, 6.45) is 2.58. The van der Waals surface area contributed by atoms with E-state index in [0.29, 0.717) is 18.2 Å². The predicted molar refractivity (Wildman–Crippen MR) is 47.9 cm³/mol. The van der Waals surface area contributed by atoms with Crippen molar-refractivity contribution in [3.05, 3.63) is 36.3 Å². The second-order valence-electron chi connectivity index (χ2n) is 2.65. The molecule has 0 aliphatic carbocycles. The molecule has 0 unspecified atom stereocenters. The van der Waals surface area contributed by atoms with Gasteiger partial charge in [-0.2, -0.15) is 5.10 Å². The third-order valence-corrected chi connectivity index (χ3v) is 1.63. The highest BCUT2D eigenvalue weighted by molar-refractivity contribution is 5.33. The summed E-state index contributed by atoms with van der Waals surface area (Å²) < 4.78 is 12.5. The number of nitrogens with one attached hydrogen (secondary N) is 2. The van der Waals surface area contributed by atoms with E-state index in [0.717, 1.165) is 6.20 Å². The van der Waals surface area contributed by atoms with Gasteiger partial charge in [-0.3, -0.25) is 5.10 Å². The summed E-state index contributed by atoms with van der Waals surface area (Å²) in [6, 6.07) is 2.90. The van der Waals surface area contributed by atoms with Crippen molar-refractivity contribution in [2.75, 3.05) is 5.32 Å². The zero-order valence-electron chi connectivity index (χ0n) is 7.24. The number of hydrogen-bond donors (Lipinski definition) is 2. The van der Waals surface area contributed by atoms with Crippen LogP contribution >= 0.6 is 0 Å². The molecule has 0 amide bonds. The van der Waals surface area contributed by atoms with Crippen LogP contribution in [0, 0.1) is 5.82 Å². The summed E-state index contributed by atoms with van der Waals surface area (Å²) >= 11 is 0. The zero-order valence-corrected chi connectivity index (χ0v) is 7.24. The highest BCUT2D eigenvalue weighted by Crippen LogP contribution is 2.04. The van der Waals surface area contributed by atoms with Crippen molar-refractivity contribution in [3.8, 4) is 0 Å². The first-order chi connectivity index (χ1) is 6.84. The van der Waals surface area contributed by atoms with Crippen molar-refractivity contribution in [2.45, 2.75) is 6.54 Å². The normalized spacial score (nSPS) is 10.1. The lowest BCUT2D eigenvalue weighted by Gasteiger charge is -2.01. The first-order valence-electron chi connectivity index (χ1n) is 4.04. The van der Waals surface area contributed by atoms with E-state index in [1.165, 1.54) is 12.4 Å². The predicted octanol–water partition coefficient (Wildman–Crippen LogP) is 0.951. The molecule has 2 rings (SSSR count). The van der Waals surface area contributed by atoms with E-state index < -0.39 is 0 Å². The minimum atomic E-state index is -0.352. The molecule has 2 aromatic heterocycles. The Morgan fingerprint density at radius 2 is 2.29 bits per heavy atom. The summed E-state index contributed by atoms with van der Waals surface area (Å²) in [7, 11) is 0. The molecule has 0 fully saturated rings. The smallest absolute Gasteiger partial charge is 0.143 e. The SMILES string of the molecule is Fc1ccc(NCc2ncn[nH]2)nc1. The van der Waals surface area contributed by atoms with Gasteiger partial charge in [-0.05, 0) is 12.1 Å². The summed E-state index contributed by atoms with van der Waals surface area (Å²) in [4.78, 5) is 7.75. The van der Waals surface area contributed by atoms with Gasteiger partial charge in [-0.25, -0.2) is 14.4 Å². The molecule has 2 heterocycles. The molecule has 14 heavy (non-hydrogen) atoms. The van der Waals surface area contributed by atoms with Crippen LogP contribution in [0.3, 0.4) is 0 Å². The number of halogens is 1. The standard InChI is InChI=1S/C8H8FN5/c9-6-1-2-7(10-3-6)11-4-8-12-5-13-14-8/h1-3,5H,4H2,(H,10,11)(H,12,13,14). The first-order valence-corrected chi connectivity index (χ1v) is 4.04. The third-order valence-electron chi connectivity index (χ3n) is 1.63. The fourth-order valence-electron chi connectivity index (χ4n) is 0.971. The van der Waals surface area contributed by atoms with Gasteiger partial charge in [-0.15, -0.1) is 0 Å². The van der Waals surface area contributed by atoms with Crippen molar-refractivity contribution < 1.29 is 4.39 Å². The molecular weight excluding hydrogens is 185 g/mol. The van der Waals surface area contributed by atoms with E-state index in [-0.39, 0.29) is 5.82 Å². The van der Waals surface area contributed by atoms with Gasteiger partial charge in [-0.1, -0.05) is 0 Å². The first kappa shape index (κ1) is 8.61. The highest BCUT2D eigenvalue weighted by Gasteiger charge is 1.97. The fourth-order valence-corrected chi connectivity index (χ4v) is 0.971. The van der Waals surface area contributed by atoms with Gasteiger partial charge in [0, 0.05) is 0 Å². The van der Waals surface area contributed by atoms with Gasteiger partial charge < -0.3 is 5.32 Å². The number of hydrogen-bond acceptors (Lipinski definition) is 4. The summed E-state index contributed by atoms with van der Waals surface area (Å²) in [5.74, 6) is 0.953. The van der Waals surface area contributed by atoms with Gasteiger partial charge in [0.1, 0.15) is 23.8 Å². The Kier molecular flexibility index (Phi) is 2.35. The van der Waals surface area contributed by atoms with Crippen LogP contribution in [0.4, 0.5) is 10.2 Å². The molecule has 5 nitrogen and oxygen atoms in total. The Bertz CT molecular complexity index is 383. The lowest BCUT2D eigenvalue weighted by molar-refractivity contribution is 0.621. The molecule has 2 N–H and O–H groups in total. The minimum Gasteiger partial charge on any atom is -0.363 e. The van der Waals surface area contributed by atoms with E-state index in [4.69, 9.17) is 0 Å². The van der Waals surface area contributed by atoms with Crippen LogP contribution in [0.2, 0.25) is 0 Å². The average Bonchev–Trinajstić information content (AvgIpc) is 2.70. The van der Waals surface area contributed by atoms with E-state index >= 15 is 0 Å². The van der Waals surface area contributed by atoms with Crippen molar-refractivity contribution in [1.29, 1.82) is 0 Å². The van der Waals surface area contributed by atoms with Crippen LogP contribution in [0.25, 0.3) is 0 Å². The molecule has 0 saturated carbocycles. The van der Waals surface area contributed by atoms with Crippen molar-refractivity contribution in [3.63, 3.8) is 0 Å². The van der Waals surface area contributed by atoms with Gasteiger partial charge in [0.15, 0.2) is 0 Å². The molecule has 0 aliphatic heterocycles. The Balaban J connectivity index is 1.95. The van der Waals surface area contributed by atoms with Crippen LogP contribution in [-0.4, -0.2) is 20.2 Å². The van der Waals surface area contributed by atoms with Gasteiger partial charge in [0.2, 0.25) is 0 Å². The minimum absolute atomic E-state index is 0.352. The molecule has 0 bridgehead atoms. The van der Waals surface area contributed by atoms with E-state index in [1.54, 1.807) is 6.07 Å². The van der Waals surface area contributed by atoms with Crippen molar-refractivity contribution in [2.24, 2.45) is 0 Å². The molecule has 72 valence electrons. The average molecular weight is 193 g/mol. The van der Waals surface area contributed by atoms with E-state index in [1.807, 2.05) is 0 Å². The number of pyridine rings is 1. The van der Waals surface area contributed by atoms with Gasteiger partial charge in [0.25, 0.3) is 0 Å². The number of H-pyrrole nitrogens is 1. The maximum atomic E-state index is 12.5. The number of nitrogens with zero attached hydrogens (tertiary/aromatic N) is 3. The van der Waals surface area contributed by atoms with Crippen molar-refractivity contribution >= 4 is 5.82 Å². The fraction of sp³-hybridized carbons (Fsp3) is 0.125. The van der Waals surface area contributed by atoms with Crippen LogP contribution in [0.5, 0.6) is 0 Å². The topological polar surface area (TPSA) is 66.5 Å². The summed E-state index contributed by atoms with van der Waals surface area (Å²) in [6.45, 7) is 0.485. The van der Waals surface area contributed by atoms with Gasteiger partial charge >= 0.3 is 0 Å². The van der Waals surface area contributed by atoms with Crippen LogP contribution < -0.4 is 5.32 Å². The zero-order chi connectivity index (χ0) is 9.80. The maximum absolute atomic E-state index is 12.5. The quantitative estimate of drug-likeness (QED) is 0.761. The molecule has 6 heteroatoms. The van der Waals surface area contributed by atoms with Crippen LogP contribution in [0.1, 0.15) is 5.82 Å². The molecule has 0 aliphatic rings. The molecular formula is C8H8FN5. The second kappa shape index (κ2) is 3.82. The number of aromatic amines is 1. The van der Waals surface area contributed by atoms with E-state index in [2.05, 4.69) is 25.5 Å². The van der Waals surface area contributed by atoms with Crippen LogP contribution in [-0.2, 0) is 6.54 Å². The second-order valence-corrected chi connectivity index (χ2v) is 2.65. The van der Waals surface area contributed by atoms with E-state index in [9.17, 15) is 4.39 Å². The third kappa shape index (κ3) is 2.03. The Hall–Kier alpha value is -1.98. The molecule has 2 aromatic rings. The largest absolute Gasteiger partial charge is 0.363 e. The molecule has 0 spiro atoms. The summed E-state index contributed by atoms with van der Waals surface area (Å²) in [5.41, 5.74) is 0. The Labute approximate surface area is 79.4 Å². The lowest BCUT2D eigenvalue weighted by atomic mass is 10.4. The Morgan fingerprint density at radius 3 is 2.93 bits per heavy atom.